The van der Waals surface area contributed by atoms with E-state index in [0.717, 1.165) is 0 Å². The molecule has 0 bridgehead atoms. The molecule has 2 aromatic rings. The Morgan fingerprint density at radius 1 is 1.08 bits per heavy atom. The summed E-state index contributed by atoms with van der Waals surface area (Å²) >= 11 is 6.05. The number of sulfonamides is 1. The molecule has 0 aliphatic rings. The number of methoxy groups -OCH3 is 2. The molecular weight excluding hydrogens is 354 g/mol. The Hall–Kier alpha value is -1.96. The molecule has 1 atom stereocenters. The zero-order valence-corrected chi connectivity index (χ0v) is 15.0. The first kappa shape index (κ1) is 18.4. The van der Waals surface area contributed by atoms with Crippen LogP contribution < -0.4 is 14.2 Å². The molecule has 24 heavy (non-hydrogen) atoms. The molecule has 2 N–H and O–H groups in total. The van der Waals surface area contributed by atoms with Crippen LogP contribution in [0.1, 0.15) is 18.6 Å². The van der Waals surface area contributed by atoms with Crippen LogP contribution in [0.3, 0.4) is 0 Å². The van der Waals surface area contributed by atoms with Crippen molar-refractivity contribution < 1.29 is 23.0 Å². The standard InChI is InChI=1S/C16H18ClNO5S/c1-10(19)11-4-6-13(17)14(8-11)18-24(20,21)12-5-7-15(22-2)16(9-12)23-3/h4-10,18-19H,1-3H3/t10-/m1/s1. The second kappa shape index (κ2) is 7.29. The summed E-state index contributed by atoms with van der Waals surface area (Å²) in [6.45, 7) is 1.58. The topological polar surface area (TPSA) is 84.9 Å². The van der Waals surface area contributed by atoms with E-state index in [1.165, 1.54) is 44.6 Å². The van der Waals surface area contributed by atoms with Crippen LogP contribution in [-0.2, 0) is 10.0 Å². The first-order chi connectivity index (χ1) is 11.3. The van der Waals surface area contributed by atoms with E-state index in [1.54, 1.807) is 13.0 Å². The third-order valence-electron chi connectivity index (χ3n) is 3.38. The van der Waals surface area contributed by atoms with Crippen molar-refractivity contribution in [1.29, 1.82) is 0 Å². The van der Waals surface area contributed by atoms with E-state index >= 15 is 0 Å². The van der Waals surface area contributed by atoms with Gasteiger partial charge in [0.2, 0.25) is 0 Å². The molecule has 2 aromatic carbocycles. The van der Waals surface area contributed by atoms with Gasteiger partial charge in [0.1, 0.15) is 0 Å². The molecule has 8 heteroatoms. The van der Waals surface area contributed by atoms with Gasteiger partial charge in [0.25, 0.3) is 10.0 Å². The average molecular weight is 372 g/mol. The van der Waals surface area contributed by atoms with Crippen LogP contribution in [-0.4, -0.2) is 27.7 Å². The molecule has 0 amide bonds. The minimum Gasteiger partial charge on any atom is -0.493 e. The fourth-order valence-electron chi connectivity index (χ4n) is 2.07. The summed E-state index contributed by atoms with van der Waals surface area (Å²) in [5.74, 6) is 0.717. The molecule has 0 spiro atoms. The summed E-state index contributed by atoms with van der Waals surface area (Å²) in [6.07, 6.45) is -0.744. The second-order valence-corrected chi connectivity index (χ2v) is 7.13. The lowest BCUT2D eigenvalue weighted by atomic mass is 10.1. The van der Waals surface area contributed by atoms with Gasteiger partial charge in [-0.25, -0.2) is 8.42 Å². The third-order valence-corrected chi connectivity index (χ3v) is 5.08. The van der Waals surface area contributed by atoms with Gasteiger partial charge in [-0.2, -0.15) is 0 Å². The molecule has 0 unspecified atom stereocenters. The predicted octanol–water partition coefficient (Wildman–Crippen LogP) is 3.21. The first-order valence-corrected chi connectivity index (χ1v) is 8.87. The smallest absolute Gasteiger partial charge is 0.262 e. The molecule has 0 fully saturated rings. The lowest BCUT2D eigenvalue weighted by Crippen LogP contribution is -2.14. The van der Waals surface area contributed by atoms with E-state index in [9.17, 15) is 13.5 Å². The summed E-state index contributed by atoms with van der Waals surface area (Å²) in [7, 11) is -1.00. The van der Waals surface area contributed by atoms with Gasteiger partial charge in [0.15, 0.2) is 11.5 Å². The highest BCUT2D eigenvalue weighted by atomic mass is 35.5. The van der Waals surface area contributed by atoms with Gasteiger partial charge in [0, 0.05) is 6.07 Å². The van der Waals surface area contributed by atoms with E-state index in [2.05, 4.69) is 4.72 Å². The van der Waals surface area contributed by atoms with E-state index < -0.39 is 16.1 Å². The van der Waals surface area contributed by atoms with Crippen LogP contribution in [0.15, 0.2) is 41.3 Å². The molecule has 0 aromatic heterocycles. The van der Waals surface area contributed by atoms with Gasteiger partial charge in [-0.1, -0.05) is 17.7 Å². The molecule has 6 nitrogen and oxygen atoms in total. The Balaban J connectivity index is 2.40. The Kier molecular flexibility index (Phi) is 5.58. The van der Waals surface area contributed by atoms with Crippen molar-refractivity contribution in [2.45, 2.75) is 17.9 Å². The van der Waals surface area contributed by atoms with Crippen LogP contribution in [0.2, 0.25) is 5.02 Å². The number of anilines is 1. The van der Waals surface area contributed by atoms with Crippen molar-refractivity contribution >= 4 is 27.3 Å². The zero-order valence-electron chi connectivity index (χ0n) is 13.4. The van der Waals surface area contributed by atoms with Crippen molar-refractivity contribution in [3.05, 3.63) is 47.0 Å². The zero-order chi connectivity index (χ0) is 17.9. The molecule has 130 valence electrons. The number of aliphatic hydroxyl groups is 1. The summed E-state index contributed by atoms with van der Waals surface area (Å²) < 4.78 is 37.8. The van der Waals surface area contributed by atoms with Crippen LogP contribution in [0.25, 0.3) is 0 Å². The molecule has 0 aliphatic heterocycles. The van der Waals surface area contributed by atoms with Crippen molar-refractivity contribution in [2.75, 3.05) is 18.9 Å². The molecule has 0 aliphatic carbocycles. The first-order valence-electron chi connectivity index (χ1n) is 7.01. The number of rotatable bonds is 6. The van der Waals surface area contributed by atoms with Gasteiger partial charge in [-0.05, 0) is 36.8 Å². The highest BCUT2D eigenvalue weighted by Crippen LogP contribution is 2.32. The van der Waals surface area contributed by atoms with Gasteiger partial charge in [0.05, 0.1) is 35.9 Å². The highest BCUT2D eigenvalue weighted by molar-refractivity contribution is 7.92. The Labute approximate surface area is 146 Å². The number of benzene rings is 2. The minimum atomic E-state index is -3.89. The Morgan fingerprint density at radius 2 is 1.75 bits per heavy atom. The van der Waals surface area contributed by atoms with Crippen LogP contribution >= 0.6 is 11.6 Å². The lowest BCUT2D eigenvalue weighted by Gasteiger charge is -2.14. The van der Waals surface area contributed by atoms with Crippen LogP contribution in [0.5, 0.6) is 11.5 Å². The Morgan fingerprint density at radius 3 is 2.33 bits per heavy atom. The Bertz CT molecular complexity index is 836. The molecule has 0 radical (unpaired) electrons. The summed E-state index contributed by atoms with van der Waals surface area (Å²) in [5, 5.41) is 9.86. The minimum absolute atomic E-state index is 0.00123. The normalized spacial score (nSPS) is 12.5. The number of hydrogen-bond acceptors (Lipinski definition) is 5. The number of halogens is 1. The number of hydrogen-bond donors (Lipinski definition) is 2. The van der Waals surface area contributed by atoms with E-state index in [0.29, 0.717) is 17.1 Å². The maximum atomic E-state index is 12.6. The predicted molar refractivity (Wildman–Crippen MR) is 92.4 cm³/mol. The van der Waals surface area contributed by atoms with Crippen molar-refractivity contribution in [1.82, 2.24) is 0 Å². The number of aliphatic hydroxyl groups excluding tert-OH is 1. The second-order valence-electron chi connectivity index (χ2n) is 5.04. The van der Waals surface area contributed by atoms with Gasteiger partial charge in [-0.3, -0.25) is 4.72 Å². The largest absolute Gasteiger partial charge is 0.493 e. The maximum absolute atomic E-state index is 12.6. The van der Waals surface area contributed by atoms with Gasteiger partial charge >= 0.3 is 0 Å². The SMILES string of the molecule is COc1ccc(S(=O)(=O)Nc2cc([C@@H](C)O)ccc2Cl)cc1OC. The monoisotopic (exact) mass is 371 g/mol. The fourth-order valence-corrected chi connectivity index (χ4v) is 3.37. The van der Waals surface area contributed by atoms with Crippen molar-refractivity contribution in [2.24, 2.45) is 0 Å². The highest BCUT2D eigenvalue weighted by Gasteiger charge is 2.19. The summed E-state index contributed by atoms with van der Waals surface area (Å²) in [6, 6.07) is 8.90. The van der Waals surface area contributed by atoms with E-state index in [-0.39, 0.29) is 15.6 Å². The summed E-state index contributed by atoms with van der Waals surface area (Å²) in [5.41, 5.74) is 0.731. The molecule has 2 rings (SSSR count). The molecule has 0 heterocycles. The molecule has 0 saturated carbocycles. The van der Waals surface area contributed by atoms with Gasteiger partial charge in [-0.15, -0.1) is 0 Å². The lowest BCUT2D eigenvalue weighted by molar-refractivity contribution is 0.199. The fraction of sp³-hybridized carbons (Fsp3) is 0.250. The van der Waals surface area contributed by atoms with Crippen LogP contribution in [0.4, 0.5) is 5.69 Å². The van der Waals surface area contributed by atoms with E-state index in [1.807, 2.05) is 0 Å². The van der Waals surface area contributed by atoms with E-state index in [4.69, 9.17) is 21.1 Å². The quantitative estimate of drug-likeness (QED) is 0.814. The van der Waals surface area contributed by atoms with Crippen LogP contribution in [0, 0.1) is 0 Å². The maximum Gasteiger partial charge on any atom is 0.262 e. The van der Waals surface area contributed by atoms with Crippen molar-refractivity contribution in [3.63, 3.8) is 0 Å². The van der Waals surface area contributed by atoms with Crippen molar-refractivity contribution in [3.8, 4) is 11.5 Å². The average Bonchev–Trinajstić information content (AvgIpc) is 2.55. The number of ether oxygens (including phenoxy) is 2. The third kappa shape index (κ3) is 3.92. The number of nitrogens with one attached hydrogen (secondary N) is 1. The molecule has 0 saturated heterocycles. The molecular formula is C16H18ClNO5S. The summed E-state index contributed by atoms with van der Waals surface area (Å²) in [4.78, 5) is -0.00123. The van der Waals surface area contributed by atoms with Gasteiger partial charge < -0.3 is 14.6 Å².